The molecular weight excluding hydrogens is 274 g/mol. The third kappa shape index (κ3) is 3.27. The van der Waals surface area contributed by atoms with Crippen molar-refractivity contribution in [2.24, 2.45) is 0 Å². The van der Waals surface area contributed by atoms with Crippen LogP contribution in [0.4, 0.5) is 11.4 Å². The van der Waals surface area contributed by atoms with Gasteiger partial charge in [0, 0.05) is 5.69 Å². The fourth-order valence-corrected chi connectivity index (χ4v) is 1.65. The zero-order valence-electron chi connectivity index (χ0n) is 11.2. The van der Waals surface area contributed by atoms with Crippen molar-refractivity contribution in [1.29, 1.82) is 0 Å². The molecule has 21 heavy (non-hydrogen) atoms. The lowest BCUT2D eigenvalue weighted by Gasteiger charge is -2.09. The van der Waals surface area contributed by atoms with E-state index >= 15 is 0 Å². The molecule has 0 aliphatic carbocycles. The van der Waals surface area contributed by atoms with Crippen LogP contribution in [0, 0.1) is 0 Å². The molecule has 0 spiro atoms. The summed E-state index contributed by atoms with van der Waals surface area (Å²) in [5.74, 6) is -1.06. The number of benzene rings is 1. The molecule has 0 radical (unpaired) electrons. The van der Waals surface area contributed by atoms with E-state index < -0.39 is 11.9 Å². The number of aromatic carboxylic acids is 1. The van der Waals surface area contributed by atoms with Gasteiger partial charge in [0.2, 0.25) is 0 Å². The number of nitrogen functional groups attached to an aromatic ring is 1. The van der Waals surface area contributed by atoms with Gasteiger partial charge in [-0.15, -0.1) is 0 Å². The molecule has 0 aliphatic rings. The predicted molar refractivity (Wildman–Crippen MR) is 76.6 cm³/mol. The minimum absolute atomic E-state index is 0.103. The van der Waals surface area contributed by atoms with Gasteiger partial charge in [-0.25, -0.2) is 9.78 Å². The maximum absolute atomic E-state index is 12.1. The van der Waals surface area contributed by atoms with E-state index in [1.54, 1.807) is 12.1 Å². The molecule has 0 saturated carbocycles. The fraction of sp³-hybridized carbons (Fsp3) is 0.0714. The number of hydrogen-bond acceptors (Lipinski definition) is 5. The number of carbonyl (C=O) groups excluding carboxylic acids is 1. The Balaban J connectivity index is 2.19. The molecule has 1 heterocycles. The summed E-state index contributed by atoms with van der Waals surface area (Å²) in [4.78, 5) is 26.5. The van der Waals surface area contributed by atoms with Crippen molar-refractivity contribution >= 4 is 23.3 Å². The number of amides is 1. The Morgan fingerprint density at radius 1 is 1.29 bits per heavy atom. The van der Waals surface area contributed by atoms with Crippen LogP contribution in [0.15, 0.2) is 36.5 Å². The van der Waals surface area contributed by atoms with Gasteiger partial charge in [-0.05, 0) is 30.3 Å². The van der Waals surface area contributed by atoms with Crippen LogP contribution in [0.25, 0.3) is 0 Å². The Morgan fingerprint density at radius 3 is 2.62 bits per heavy atom. The molecule has 0 atom stereocenters. The molecule has 108 valence electrons. The average Bonchev–Trinajstić information content (AvgIpc) is 2.48. The van der Waals surface area contributed by atoms with Gasteiger partial charge in [0.15, 0.2) is 0 Å². The molecule has 7 nitrogen and oxygen atoms in total. The van der Waals surface area contributed by atoms with Crippen LogP contribution in [0.3, 0.4) is 0 Å². The number of rotatable bonds is 4. The highest BCUT2D eigenvalue weighted by Gasteiger charge is 2.12. The summed E-state index contributed by atoms with van der Waals surface area (Å²) in [6.07, 6.45) is 1.26. The lowest BCUT2D eigenvalue weighted by atomic mass is 10.1. The minimum Gasteiger partial charge on any atom is -0.497 e. The largest absolute Gasteiger partial charge is 0.497 e. The quantitative estimate of drug-likeness (QED) is 0.736. The second-order valence-corrected chi connectivity index (χ2v) is 4.14. The smallest absolute Gasteiger partial charge is 0.354 e. The number of anilines is 2. The molecule has 0 fully saturated rings. The number of hydrogen-bond donors (Lipinski definition) is 3. The molecule has 0 bridgehead atoms. The number of nitrogens with zero attached hydrogens (tertiary/aromatic N) is 1. The summed E-state index contributed by atoms with van der Waals surface area (Å²) in [6, 6.07) is 7.48. The first kappa shape index (κ1) is 14.3. The highest BCUT2D eigenvalue weighted by molar-refractivity contribution is 6.08. The van der Waals surface area contributed by atoms with E-state index in [1.807, 2.05) is 0 Å². The van der Waals surface area contributed by atoms with Crippen LogP contribution in [-0.4, -0.2) is 29.1 Å². The van der Waals surface area contributed by atoms with Gasteiger partial charge in [0.05, 0.1) is 24.6 Å². The molecule has 2 rings (SSSR count). The van der Waals surface area contributed by atoms with Gasteiger partial charge in [0.25, 0.3) is 5.91 Å². The molecule has 1 aromatic carbocycles. The van der Waals surface area contributed by atoms with Crippen molar-refractivity contribution in [3.8, 4) is 5.75 Å². The minimum atomic E-state index is -1.13. The maximum Gasteiger partial charge on any atom is 0.354 e. The van der Waals surface area contributed by atoms with Crippen molar-refractivity contribution in [3.05, 3.63) is 47.8 Å². The van der Waals surface area contributed by atoms with Crippen LogP contribution in [-0.2, 0) is 0 Å². The second kappa shape index (κ2) is 5.91. The summed E-state index contributed by atoms with van der Waals surface area (Å²) < 4.78 is 5.04. The van der Waals surface area contributed by atoms with E-state index in [-0.39, 0.29) is 11.3 Å². The Kier molecular flexibility index (Phi) is 4.03. The van der Waals surface area contributed by atoms with E-state index in [9.17, 15) is 9.59 Å². The first-order chi connectivity index (χ1) is 10.0. The van der Waals surface area contributed by atoms with Crippen molar-refractivity contribution in [1.82, 2.24) is 4.98 Å². The zero-order chi connectivity index (χ0) is 15.4. The van der Waals surface area contributed by atoms with Crippen LogP contribution in [0.1, 0.15) is 20.8 Å². The number of pyridine rings is 1. The number of nitrogens with one attached hydrogen (secondary N) is 1. The standard InChI is InChI=1S/C14H13N3O4/c1-21-9-3-4-11(15)10(6-9)13(18)17-8-2-5-12(14(19)20)16-7-8/h2-7H,15H2,1H3,(H,17,18)(H,19,20). The summed E-state index contributed by atoms with van der Waals surface area (Å²) >= 11 is 0. The fourth-order valence-electron chi connectivity index (χ4n) is 1.65. The van der Waals surface area contributed by atoms with Crippen molar-refractivity contribution < 1.29 is 19.4 Å². The van der Waals surface area contributed by atoms with Gasteiger partial charge in [-0.3, -0.25) is 4.79 Å². The Labute approximate surface area is 120 Å². The molecule has 2 aromatic rings. The summed E-state index contributed by atoms with van der Waals surface area (Å²) in [7, 11) is 1.49. The zero-order valence-corrected chi connectivity index (χ0v) is 11.2. The molecule has 1 aromatic heterocycles. The highest BCUT2D eigenvalue weighted by atomic mass is 16.5. The molecule has 0 unspecified atom stereocenters. The normalized spacial score (nSPS) is 9.95. The number of carboxylic acid groups (broad SMARTS) is 1. The van der Waals surface area contributed by atoms with Crippen molar-refractivity contribution in [3.63, 3.8) is 0 Å². The van der Waals surface area contributed by atoms with Gasteiger partial charge < -0.3 is 20.9 Å². The molecular formula is C14H13N3O4. The predicted octanol–water partition coefficient (Wildman–Crippen LogP) is 1.62. The number of carbonyl (C=O) groups is 2. The van der Waals surface area contributed by atoms with Crippen molar-refractivity contribution in [2.45, 2.75) is 0 Å². The average molecular weight is 287 g/mol. The monoisotopic (exact) mass is 287 g/mol. The van der Waals surface area contributed by atoms with Gasteiger partial charge >= 0.3 is 5.97 Å². The van der Waals surface area contributed by atoms with Gasteiger partial charge in [0.1, 0.15) is 11.4 Å². The van der Waals surface area contributed by atoms with E-state index in [4.69, 9.17) is 15.6 Å². The Bertz CT molecular complexity index is 683. The van der Waals surface area contributed by atoms with Crippen LogP contribution < -0.4 is 15.8 Å². The topological polar surface area (TPSA) is 115 Å². The SMILES string of the molecule is COc1ccc(N)c(C(=O)Nc2ccc(C(=O)O)nc2)c1. The molecule has 7 heteroatoms. The first-order valence-corrected chi connectivity index (χ1v) is 5.95. The maximum atomic E-state index is 12.1. The van der Waals surface area contributed by atoms with Crippen LogP contribution in [0.2, 0.25) is 0 Å². The van der Waals surface area contributed by atoms with E-state index in [0.717, 1.165) is 0 Å². The van der Waals surface area contributed by atoms with E-state index in [2.05, 4.69) is 10.3 Å². The third-order valence-electron chi connectivity index (χ3n) is 2.75. The number of aromatic nitrogens is 1. The van der Waals surface area contributed by atoms with Crippen molar-refractivity contribution in [2.75, 3.05) is 18.2 Å². The van der Waals surface area contributed by atoms with Gasteiger partial charge in [-0.1, -0.05) is 0 Å². The number of methoxy groups -OCH3 is 1. The molecule has 1 amide bonds. The highest BCUT2D eigenvalue weighted by Crippen LogP contribution is 2.20. The lowest BCUT2D eigenvalue weighted by Crippen LogP contribution is -2.14. The van der Waals surface area contributed by atoms with Crippen LogP contribution in [0.5, 0.6) is 5.75 Å². The first-order valence-electron chi connectivity index (χ1n) is 5.95. The number of carboxylic acids is 1. The second-order valence-electron chi connectivity index (χ2n) is 4.14. The summed E-state index contributed by atoms with van der Waals surface area (Å²) in [5.41, 5.74) is 6.59. The Morgan fingerprint density at radius 2 is 2.05 bits per heavy atom. The molecule has 4 N–H and O–H groups in total. The van der Waals surface area contributed by atoms with Gasteiger partial charge in [-0.2, -0.15) is 0 Å². The number of ether oxygens (including phenoxy) is 1. The van der Waals surface area contributed by atoms with Crippen LogP contribution >= 0.6 is 0 Å². The summed E-state index contributed by atoms with van der Waals surface area (Å²) in [5, 5.41) is 11.3. The number of nitrogens with two attached hydrogens (primary N) is 1. The molecule has 0 aliphatic heterocycles. The third-order valence-corrected chi connectivity index (χ3v) is 2.75. The molecule has 0 saturated heterocycles. The van der Waals surface area contributed by atoms with E-state index in [0.29, 0.717) is 17.1 Å². The summed E-state index contributed by atoms with van der Waals surface area (Å²) in [6.45, 7) is 0. The Hall–Kier alpha value is -3.09. The lowest BCUT2D eigenvalue weighted by molar-refractivity contribution is 0.0690. The van der Waals surface area contributed by atoms with E-state index in [1.165, 1.54) is 31.5 Å².